The van der Waals surface area contributed by atoms with Crippen molar-refractivity contribution in [1.29, 1.82) is 0 Å². The van der Waals surface area contributed by atoms with E-state index < -0.39 is 22.5 Å². The lowest BCUT2D eigenvalue weighted by Crippen LogP contribution is -2.40. The van der Waals surface area contributed by atoms with Gasteiger partial charge in [0.15, 0.2) is 11.5 Å². The summed E-state index contributed by atoms with van der Waals surface area (Å²) >= 11 is 5.96. The predicted octanol–water partition coefficient (Wildman–Crippen LogP) is 6.59. The third-order valence-corrected chi connectivity index (χ3v) is 8.74. The lowest BCUT2D eigenvalue weighted by Gasteiger charge is -2.26. The van der Waals surface area contributed by atoms with Gasteiger partial charge in [-0.15, -0.1) is 0 Å². The molecule has 1 amide bonds. The standard InChI is InChI=1S/C33H34ClN3O5S/c1-5-41-32-19-27(13-18-31(32)42-22-26-11-14-28(34)15-12-26)20-35-36-33(38)21-37(30-8-6-7-24(3)25(30)4)43(39,40)29-16-9-23(2)10-17-29/h6-20H,5,21-22H2,1-4H3,(H,36,38)/b35-20-. The summed E-state index contributed by atoms with van der Waals surface area (Å²) < 4.78 is 40.2. The Kier molecular flexibility index (Phi) is 10.4. The molecule has 1 N–H and O–H groups in total. The van der Waals surface area contributed by atoms with Gasteiger partial charge in [0.25, 0.3) is 15.9 Å². The molecule has 0 heterocycles. The van der Waals surface area contributed by atoms with Crippen LogP contribution >= 0.6 is 11.6 Å². The third-order valence-electron chi connectivity index (χ3n) is 6.72. The molecule has 0 unspecified atom stereocenters. The van der Waals surface area contributed by atoms with E-state index in [0.29, 0.717) is 41.0 Å². The average molecular weight is 620 g/mol. The summed E-state index contributed by atoms with van der Waals surface area (Å²) in [6.45, 7) is 7.78. The molecule has 0 saturated heterocycles. The predicted molar refractivity (Wildman–Crippen MR) is 171 cm³/mol. The number of amides is 1. The number of rotatable bonds is 12. The van der Waals surface area contributed by atoms with E-state index in [1.165, 1.54) is 18.3 Å². The fourth-order valence-corrected chi connectivity index (χ4v) is 5.83. The highest BCUT2D eigenvalue weighted by Crippen LogP contribution is 2.30. The molecule has 8 nitrogen and oxygen atoms in total. The maximum absolute atomic E-state index is 13.7. The van der Waals surface area contributed by atoms with Gasteiger partial charge in [-0.25, -0.2) is 13.8 Å². The third kappa shape index (κ3) is 8.15. The number of benzene rings is 4. The van der Waals surface area contributed by atoms with Crippen LogP contribution in [0.15, 0.2) is 94.9 Å². The zero-order chi connectivity index (χ0) is 31.0. The molecule has 0 aliphatic rings. The van der Waals surface area contributed by atoms with Crippen LogP contribution in [0.2, 0.25) is 5.02 Å². The maximum Gasteiger partial charge on any atom is 0.264 e. The van der Waals surface area contributed by atoms with Crippen molar-refractivity contribution in [2.75, 3.05) is 17.5 Å². The highest BCUT2D eigenvalue weighted by atomic mass is 35.5. The molecule has 4 rings (SSSR count). The molecule has 4 aromatic carbocycles. The molecule has 0 aliphatic carbocycles. The van der Waals surface area contributed by atoms with Gasteiger partial charge < -0.3 is 9.47 Å². The van der Waals surface area contributed by atoms with Crippen LogP contribution in [0.4, 0.5) is 5.69 Å². The molecule has 43 heavy (non-hydrogen) atoms. The average Bonchev–Trinajstić information content (AvgIpc) is 2.98. The summed E-state index contributed by atoms with van der Waals surface area (Å²) in [6, 6.07) is 24.6. The fraction of sp³-hybridized carbons (Fsp3) is 0.212. The van der Waals surface area contributed by atoms with Crippen molar-refractivity contribution < 1.29 is 22.7 Å². The largest absolute Gasteiger partial charge is 0.490 e. The number of carbonyl (C=O) groups is 1. The van der Waals surface area contributed by atoms with E-state index in [4.69, 9.17) is 21.1 Å². The second kappa shape index (κ2) is 14.2. The Morgan fingerprint density at radius 3 is 2.35 bits per heavy atom. The van der Waals surface area contributed by atoms with Crippen LogP contribution in [-0.2, 0) is 21.4 Å². The van der Waals surface area contributed by atoms with Crippen LogP contribution in [0.3, 0.4) is 0 Å². The van der Waals surface area contributed by atoms with Crippen molar-refractivity contribution in [2.24, 2.45) is 5.10 Å². The number of anilines is 1. The fourth-order valence-electron chi connectivity index (χ4n) is 4.22. The minimum atomic E-state index is -4.04. The zero-order valence-electron chi connectivity index (χ0n) is 24.5. The Labute approximate surface area is 258 Å². The van der Waals surface area contributed by atoms with Gasteiger partial charge >= 0.3 is 0 Å². The van der Waals surface area contributed by atoms with E-state index in [1.807, 2.05) is 45.9 Å². The Morgan fingerprint density at radius 1 is 0.930 bits per heavy atom. The Morgan fingerprint density at radius 2 is 1.65 bits per heavy atom. The smallest absolute Gasteiger partial charge is 0.264 e. The van der Waals surface area contributed by atoms with E-state index in [2.05, 4.69) is 10.5 Å². The molecule has 0 saturated carbocycles. The number of aryl methyl sites for hydroxylation is 2. The minimum Gasteiger partial charge on any atom is -0.490 e. The minimum absolute atomic E-state index is 0.0946. The monoisotopic (exact) mass is 619 g/mol. The van der Waals surface area contributed by atoms with Crippen molar-refractivity contribution in [1.82, 2.24) is 5.43 Å². The van der Waals surface area contributed by atoms with Gasteiger partial charge in [0.2, 0.25) is 0 Å². The summed E-state index contributed by atoms with van der Waals surface area (Å²) in [5, 5.41) is 4.73. The molecule has 0 atom stereocenters. The van der Waals surface area contributed by atoms with Crippen LogP contribution < -0.4 is 19.2 Å². The van der Waals surface area contributed by atoms with Gasteiger partial charge in [-0.1, -0.05) is 53.6 Å². The van der Waals surface area contributed by atoms with Gasteiger partial charge in [0.05, 0.1) is 23.4 Å². The van der Waals surface area contributed by atoms with Gasteiger partial charge in [-0.05, 0) is 98.5 Å². The zero-order valence-corrected chi connectivity index (χ0v) is 26.1. The molecular weight excluding hydrogens is 586 g/mol. The number of halogens is 1. The van der Waals surface area contributed by atoms with E-state index in [1.54, 1.807) is 54.6 Å². The first-order valence-corrected chi connectivity index (χ1v) is 15.5. The Hall–Kier alpha value is -4.34. The van der Waals surface area contributed by atoms with Crippen molar-refractivity contribution >= 4 is 39.4 Å². The number of nitrogens with zero attached hydrogens (tertiary/aromatic N) is 2. The SMILES string of the molecule is CCOc1cc(/C=N\NC(=O)CN(c2cccc(C)c2C)S(=O)(=O)c2ccc(C)cc2)ccc1OCc1ccc(Cl)cc1. The molecule has 0 fully saturated rings. The lowest BCUT2D eigenvalue weighted by atomic mass is 10.1. The Bertz CT molecular complexity index is 1710. The van der Waals surface area contributed by atoms with E-state index in [9.17, 15) is 13.2 Å². The maximum atomic E-state index is 13.7. The topological polar surface area (TPSA) is 97.3 Å². The number of hydrazone groups is 1. The number of sulfonamides is 1. The number of carbonyl (C=O) groups excluding carboxylic acids is 1. The molecule has 4 aromatic rings. The summed E-state index contributed by atoms with van der Waals surface area (Å²) in [4.78, 5) is 13.1. The van der Waals surface area contributed by atoms with E-state index >= 15 is 0 Å². The number of hydrogen-bond acceptors (Lipinski definition) is 6. The first-order chi connectivity index (χ1) is 20.6. The molecule has 224 valence electrons. The molecular formula is C33H34ClN3O5S. The quantitative estimate of drug-likeness (QED) is 0.143. The first kappa shape index (κ1) is 31.6. The summed E-state index contributed by atoms with van der Waals surface area (Å²) in [5.41, 5.74) is 7.09. The molecule has 0 radical (unpaired) electrons. The van der Waals surface area contributed by atoms with Crippen LogP contribution in [0.5, 0.6) is 11.5 Å². The van der Waals surface area contributed by atoms with Crippen LogP contribution in [0, 0.1) is 20.8 Å². The van der Waals surface area contributed by atoms with Crippen molar-refractivity contribution in [3.8, 4) is 11.5 Å². The van der Waals surface area contributed by atoms with Gasteiger partial charge in [0, 0.05) is 5.02 Å². The number of nitrogens with one attached hydrogen (secondary N) is 1. The van der Waals surface area contributed by atoms with Gasteiger partial charge in [0.1, 0.15) is 13.2 Å². The summed E-state index contributed by atoms with van der Waals surface area (Å²) in [5.74, 6) is 0.487. The number of ether oxygens (including phenoxy) is 2. The van der Waals surface area contributed by atoms with E-state index in [-0.39, 0.29) is 4.90 Å². The first-order valence-electron chi connectivity index (χ1n) is 13.7. The highest BCUT2D eigenvalue weighted by Gasteiger charge is 2.28. The second-order valence-corrected chi connectivity index (χ2v) is 12.2. The van der Waals surface area contributed by atoms with Crippen LogP contribution in [0.1, 0.15) is 34.7 Å². The van der Waals surface area contributed by atoms with Crippen molar-refractivity contribution in [3.05, 3.63) is 118 Å². The molecule has 0 spiro atoms. The summed E-state index contributed by atoms with van der Waals surface area (Å²) in [6.07, 6.45) is 1.46. The lowest BCUT2D eigenvalue weighted by molar-refractivity contribution is -0.119. The summed E-state index contributed by atoms with van der Waals surface area (Å²) in [7, 11) is -4.04. The second-order valence-electron chi connectivity index (χ2n) is 9.89. The Balaban J connectivity index is 1.49. The van der Waals surface area contributed by atoms with Gasteiger partial charge in [-0.2, -0.15) is 5.10 Å². The molecule has 0 bridgehead atoms. The highest BCUT2D eigenvalue weighted by molar-refractivity contribution is 7.92. The van der Waals surface area contributed by atoms with Gasteiger partial charge in [-0.3, -0.25) is 9.10 Å². The van der Waals surface area contributed by atoms with Crippen LogP contribution in [-0.4, -0.2) is 33.7 Å². The molecule has 10 heteroatoms. The molecule has 0 aliphatic heterocycles. The van der Waals surface area contributed by atoms with Crippen LogP contribution in [0.25, 0.3) is 0 Å². The van der Waals surface area contributed by atoms with E-state index in [0.717, 1.165) is 26.6 Å². The van der Waals surface area contributed by atoms with Crippen molar-refractivity contribution in [3.63, 3.8) is 0 Å². The number of hydrogen-bond donors (Lipinski definition) is 1. The normalized spacial score (nSPS) is 11.4. The molecule has 0 aromatic heterocycles. The van der Waals surface area contributed by atoms with Crippen molar-refractivity contribution in [2.45, 2.75) is 39.2 Å².